The number of fused-ring (bicyclic) bond motifs is 1. The Hall–Kier alpha value is -2.62. The molecule has 3 aliphatic rings. The van der Waals surface area contributed by atoms with Crippen LogP contribution in [0.5, 0.6) is 0 Å². The minimum Gasteiger partial charge on any atom is -0.340 e. The Morgan fingerprint density at radius 2 is 1.66 bits per heavy atom. The quantitative estimate of drug-likeness (QED) is 0.617. The van der Waals surface area contributed by atoms with Gasteiger partial charge in [0.25, 0.3) is 10.0 Å². The highest BCUT2D eigenvalue weighted by atomic mass is 32.2. The van der Waals surface area contributed by atoms with E-state index in [1.54, 1.807) is 37.8 Å². The third kappa shape index (κ3) is 6.21. The van der Waals surface area contributed by atoms with E-state index in [4.69, 9.17) is 0 Å². The summed E-state index contributed by atoms with van der Waals surface area (Å²) in [5, 5.41) is 4.87. The van der Waals surface area contributed by atoms with Gasteiger partial charge in [-0.25, -0.2) is 22.7 Å². The van der Waals surface area contributed by atoms with Crippen LogP contribution in [-0.2, 0) is 21.2 Å². The summed E-state index contributed by atoms with van der Waals surface area (Å²) >= 11 is 0. The molecule has 9 nitrogen and oxygen atoms in total. The van der Waals surface area contributed by atoms with E-state index in [0.717, 1.165) is 18.4 Å². The molecule has 0 atom stereocenters. The predicted molar refractivity (Wildman–Crippen MR) is 119 cm³/mol. The number of rotatable bonds is 5. The summed E-state index contributed by atoms with van der Waals surface area (Å²) in [7, 11) is -2.60. The molecule has 1 aromatic carbocycles. The first-order valence-corrected chi connectivity index (χ1v) is 12.7. The van der Waals surface area contributed by atoms with E-state index in [1.165, 1.54) is 35.9 Å². The Balaban J connectivity index is 0.000000405. The number of benzene rings is 1. The minimum atomic E-state index is -3.92. The fraction of sp³-hybridized carbons (Fsp3) is 0.591. The molecule has 1 saturated heterocycles. The number of nitrogens with zero attached hydrogens (tertiary/aromatic N) is 1. The number of likely N-dealkylation sites (tertiary alicyclic amines) is 1. The van der Waals surface area contributed by atoms with E-state index in [0.29, 0.717) is 25.9 Å². The summed E-state index contributed by atoms with van der Waals surface area (Å²) < 4.78 is 25.8. The molecule has 0 spiro atoms. The number of sulfonamides is 1. The zero-order valence-electron chi connectivity index (χ0n) is 18.4. The number of urea groups is 2. The molecular formula is C22H32N4O5S. The van der Waals surface area contributed by atoms with Crippen molar-refractivity contribution in [2.75, 3.05) is 20.1 Å². The summed E-state index contributed by atoms with van der Waals surface area (Å²) in [4.78, 5) is 36.0. The van der Waals surface area contributed by atoms with Crippen LogP contribution in [0, 0.1) is 11.8 Å². The van der Waals surface area contributed by atoms with Crippen molar-refractivity contribution in [2.45, 2.75) is 56.3 Å². The molecule has 0 aromatic heterocycles. The van der Waals surface area contributed by atoms with Crippen molar-refractivity contribution < 1.29 is 22.8 Å². The number of carbonyl (C=O) groups excluding carboxylic acids is 3. The number of carbonyl (C=O) groups is 3. The molecule has 5 amide bonds. The molecular weight excluding hydrogens is 432 g/mol. The minimum absolute atomic E-state index is 0.0344. The van der Waals surface area contributed by atoms with Crippen molar-refractivity contribution in [1.29, 1.82) is 0 Å². The molecule has 1 aromatic rings. The maximum atomic E-state index is 12.0. The van der Waals surface area contributed by atoms with Crippen LogP contribution in [0.15, 0.2) is 29.2 Å². The fourth-order valence-corrected chi connectivity index (χ4v) is 5.02. The lowest BCUT2D eigenvalue weighted by molar-refractivity contribution is -0.130. The van der Waals surface area contributed by atoms with Crippen LogP contribution >= 0.6 is 0 Å². The van der Waals surface area contributed by atoms with E-state index in [-0.39, 0.29) is 10.8 Å². The Morgan fingerprint density at radius 3 is 2.16 bits per heavy atom. The highest BCUT2D eigenvalue weighted by Gasteiger charge is 2.37. The van der Waals surface area contributed by atoms with E-state index >= 15 is 0 Å². The fourth-order valence-electron chi connectivity index (χ4n) is 4.06. The van der Waals surface area contributed by atoms with Crippen molar-refractivity contribution in [3.05, 3.63) is 29.8 Å². The van der Waals surface area contributed by atoms with Crippen molar-refractivity contribution >= 4 is 28.0 Å². The van der Waals surface area contributed by atoms with Gasteiger partial charge >= 0.3 is 12.1 Å². The lowest BCUT2D eigenvalue weighted by Crippen LogP contribution is -2.46. The van der Waals surface area contributed by atoms with Gasteiger partial charge in [-0.05, 0) is 74.5 Å². The van der Waals surface area contributed by atoms with Gasteiger partial charge in [0.1, 0.15) is 0 Å². The van der Waals surface area contributed by atoms with E-state index in [2.05, 4.69) is 10.6 Å². The van der Waals surface area contributed by atoms with Gasteiger partial charge in [-0.2, -0.15) is 0 Å². The molecule has 2 saturated carbocycles. The second-order valence-electron chi connectivity index (χ2n) is 8.49. The van der Waals surface area contributed by atoms with Gasteiger partial charge in [0.15, 0.2) is 0 Å². The molecule has 3 N–H and O–H groups in total. The molecule has 3 fully saturated rings. The first kappa shape index (κ1) is 24.0. The van der Waals surface area contributed by atoms with Crippen LogP contribution in [0.3, 0.4) is 0 Å². The van der Waals surface area contributed by atoms with Crippen LogP contribution in [0.4, 0.5) is 9.59 Å². The molecule has 10 heteroatoms. The van der Waals surface area contributed by atoms with E-state index < -0.39 is 22.1 Å². The summed E-state index contributed by atoms with van der Waals surface area (Å²) in [5.41, 5.74) is 0.814. The number of piperidine rings is 1. The van der Waals surface area contributed by atoms with Gasteiger partial charge < -0.3 is 10.6 Å². The van der Waals surface area contributed by atoms with Gasteiger partial charge in [0.2, 0.25) is 5.91 Å². The molecule has 0 bridgehead atoms. The third-order valence-corrected chi connectivity index (χ3v) is 7.78. The zero-order valence-corrected chi connectivity index (χ0v) is 19.2. The number of amides is 5. The molecule has 0 radical (unpaired) electrons. The zero-order chi connectivity index (χ0) is 23.1. The summed E-state index contributed by atoms with van der Waals surface area (Å²) in [5.74, 6) is 2.27. The number of imide groups is 1. The average Bonchev–Trinajstić information content (AvgIpc) is 2.77. The first-order valence-electron chi connectivity index (χ1n) is 11.2. The van der Waals surface area contributed by atoms with Gasteiger partial charge in [-0.1, -0.05) is 12.1 Å². The van der Waals surface area contributed by atoms with E-state index in [1.807, 2.05) is 4.72 Å². The molecule has 1 heterocycles. The van der Waals surface area contributed by atoms with Gasteiger partial charge in [0, 0.05) is 26.6 Å². The van der Waals surface area contributed by atoms with Crippen molar-refractivity contribution in [3.8, 4) is 0 Å². The number of hydrogen-bond acceptors (Lipinski definition) is 5. The van der Waals surface area contributed by atoms with Crippen molar-refractivity contribution in [3.63, 3.8) is 0 Å². The summed E-state index contributed by atoms with van der Waals surface area (Å²) in [6.07, 6.45) is 8.75. The Labute approximate surface area is 189 Å². The van der Waals surface area contributed by atoms with Crippen molar-refractivity contribution in [2.24, 2.45) is 11.8 Å². The second kappa shape index (κ2) is 10.8. The highest BCUT2D eigenvalue weighted by Crippen LogP contribution is 2.49. The van der Waals surface area contributed by atoms with Crippen molar-refractivity contribution in [1.82, 2.24) is 20.3 Å². The Kier molecular flexibility index (Phi) is 8.11. The highest BCUT2D eigenvalue weighted by molar-refractivity contribution is 7.90. The molecule has 1 aliphatic heterocycles. The Bertz CT molecular complexity index is 914. The smallest absolute Gasteiger partial charge is 0.328 e. The largest absolute Gasteiger partial charge is 0.340 e. The number of nitrogens with one attached hydrogen (secondary N) is 3. The lowest BCUT2D eigenvalue weighted by atomic mass is 9.60. The normalized spacial score (nSPS) is 21.7. The molecule has 2 aliphatic carbocycles. The van der Waals surface area contributed by atoms with Crippen LogP contribution in [-0.4, -0.2) is 51.4 Å². The Morgan fingerprint density at radius 1 is 1.03 bits per heavy atom. The van der Waals surface area contributed by atoms with Crippen LogP contribution in [0.2, 0.25) is 0 Å². The monoisotopic (exact) mass is 464 g/mol. The van der Waals surface area contributed by atoms with Crippen LogP contribution in [0.1, 0.15) is 50.5 Å². The average molecular weight is 465 g/mol. The molecule has 4 rings (SSSR count). The maximum Gasteiger partial charge on any atom is 0.328 e. The van der Waals surface area contributed by atoms with Crippen LogP contribution in [0.25, 0.3) is 0 Å². The lowest BCUT2D eigenvalue weighted by Gasteiger charge is -2.46. The predicted octanol–water partition coefficient (Wildman–Crippen LogP) is 2.38. The molecule has 0 unspecified atom stereocenters. The maximum absolute atomic E-state index is 12.0. The van der Waals surface area contributed by atoms with Gasteiger partial charge in [-0.15, -0.1) is 0 Å². The van der Waals surface area contributed by atoms with Gasteiger partial charge in [-0.3, -0.25) is 9.69 Å². The molecule has 32 heavy (non-hydrogen) atoms. The summed E-state index contributed by atoms with van der Waals surface area (Å²) in [6.45, 7) is 0.765. The van der Waals surface area contributed by atoms with Crippen LogP contribution < -0.4 is 15.4 Å². The second-order valence-corrected chi connectivity index (χ2v) is 10.2. The first-order chi connectivity index (χ1) is 15.3. The third-order valence-electron chi connectivity index (χ3n) is 6.43. The number of hydrogen-bond donors (Lipinski definition) is 3. The SMILES string of the molecule is C1CC2CCC12.CNC(=O)NS(=O)(=O)c1ccc(CCNC(=O)N2CCCCC2=O)cc1. The summed E-state index contributed by atoms with van der Waals surface area (Å²) in [6, 6.07) is 4.77. The van der Waals surface area contributed by atoms with E-state index in [9.17, 15) is 22.8 Å². The standard InChI is InChI=1S/C16H22N4O5S.C6H10/c1-17-15(22)19-26(24,25)13-7-5-12(6-8-13)9-10-18-16(23)20-11-3-2-4-14(20)21;1-2-6-4-3-5(1)6/h5-8H,2-4,9-11H2,1H3,(H,18,23)(H2,17,19,22);5-6H,1-4H2. The van der Waals surface area contributed by atoms with Gasteiger partial charge in [0.05, 0.1) is 4.90 Å². The topological polar surface area (TPSA) is 125 Å². The molecule has 176 valence electrons.